The van der Waals surface area contributed by atoms with Gasteiger partial charge in [-0.3, -0.25) is 4.79 Å². The number of ether oxygens (including phenoxy) is 1. The highest BCUT2D eigenvalue weighted by Gasteiger charge is 2.29. The maximum Gasteiger partial charge on any atom is 0.302 e. The van der Waals surface area contributed by atoms with Crippen molar-refractivity contribution >= 4 is 5.97 Å². The van der Waals surface area contributed by atoms with Gasteiger partial charge >= 0.3 is 5.97 Å². The number of carbonyl (C=O) groups is 1. The Morgan fingerprint density at radius 3 is 2.67 bits per heavy atom. The minimum absolute atomic E-state index is 0.101. The Balaban J connectivity index is 2.36. The van der Waals surface area contributed by atoms with Gasteiger partial charge in [0.25, 0.3) is 0 Å². The molecule has 1 atom stereocenters. The molecule has 0 aromatic rings. The SMILES string of the molecule is CC(=O)OC(CN=O)C1CCC1. The van der Waals surface area contributed by atoms with Crippen molar-refractivity contribution in [3.8, 4) is 0 Å². The minimum Gasteiger partial charge on any atom is -0.460 e. The number of hydrogen-bond acceptors (Lipinski definition) is 4. The molecule has 0 aliphatic heterocycles. The Hall–Kier alpha value is -0.930. The van der Waals surface area contributed by atoms with Gasteiger partial charge in [0, 0.05) is 6.92 Å². The summed E-state index contributed by atoms with van der Waals surface area (Å²) in [5.41, 5.74) is 0. The molecule has 1 rings (SSSR count). The minimum atomic E-state index is -0.324. The van der Waals surface area contributed by atoms with Crippen molar-refractivity contribution < 1.29 is 9.53 Å². The van der Waals surface area contributed by atoms with E-state index >= 15 is 0 Å². The largest absolute Gasteiger partial charge is 0.460 e. The van der Waals surface area contributed by atoms with Gasteiger partial charge in [0.1, 0.15) is 12.6 Å². The van der Waals surface area contributed by atoms with Crippen molar-refractivity contribution in [3.63, 3.8) is 0 Å². The first-order chi connectivity index (χ1) is 5.74. The van der Waals surface area contributed by atoms with Crippen LogP contribution in [0.5, 0.6) is 0 Å². The van der Waals surface area contributed by atoms with Crippen LogP contribution in [0.4, 0.5) is 0 Å². The molecule has 0 bridgehead atoms. The van der Waals surface area contributed by atoms with Gasteiger partial charge in [-0.25, -0.2) is 0 Å². The van der Waals surface area contributed by atoms with Gasteiger partial charge in [-0.15, -0.1) is 0 Å². The van der Waals surface area contributed by atoms with E-state index in [1.165, 1.54) is 13.3 Å². The van der Waals surface area contributed by atoms with Crippen LogP contribution in [0.3, 0.4) is 0 Å². The van der Waals surface area contributed by atoms with E-state index in [9.17, 15) is 9.70 Å². The normalized spacial score (nSPS) is 19.4. The Labute approximate surface area is 71.3 Å². The van der Waals surface area contributed by atoms with Crippen molar-refractivity contribution in [1.29, 1.82) is 0 Å². The zero-order chi connectivity index (χ0) is 8.97. The van der Waals surface area contributed by atoms with Gasteiger partial charge in [-0.05, 0) is 18.8 Å². The summed E-state index contributed by atoms with van der Waals surface area (Å²) in [6, 6.07) is 0. The van der Waals surface area contributed by atoms with Crippen LogP contribution in [0.1, 0.15) is 26.2 Å². The maximum atomic E-state index is 10.6. The van der Waals surface area contributed by atoms with Gasteiger partial charge in [-0.1, -0.05) is 11.6 Å². The van der Waals surface area contributed by atoms with E-state index in [2.05, 4.69) is 5.18 Å². The average molecular weight is 171 g/mol. The van der Waals surface area contributed by atoms with Crippen molar-refractivity contribution in [2.24, 2.45) is 11.1 Å². The van der Waals surface area contributed by atoms with E-state index in [-0.39, 0.29) is 18.6 Å². The highest BCUT2D eigenvalue weighted by molar-refractivity contribution is 5.66. The molecule has 0 amide bonds. The summed E-state index contributed by atoms with van der Waals surface area (Å²) >= 11 is 0. The van der Waals surface area contributed by atoms with Crippen LogP contribution in [-0.2, 0) is 9.53 Å². The first kappa shape index (κ1) is 9.16. The Morgan fingerprint density at radius 2 is 2.33 bits per heavy atom. The second-order valence-electron chi connectivity index (χ2n) is 3.15. The fourth-order valence-electron chi connectivity index (χ4n) is 1.38. The van der Waals surface area contributed by atoms with Crippen molar-refractivity contribution in [2.45, 2.75) is 32.3 Å². The van der Waals surface area contributed by atoms with Gasteiger partial charge in [-0.2, -0.15) is 4.91 Å². The molecule has 12 heavy (non-hydrogen) atoms. The molecule has 0 heterocycles. The number of rotatable bonds is 4. The van der Waals surface area contributed by atoms with Crippen LogP contribution in [0.15, 0.2) is 5.18 Å². The lowest BCUT2D eigenvalue weighted by molar-refractivity contribution is -0.150. The standard InChI is InChI=1S/C8H13NO3/c1-6(10)12-8(5-9-11)7-3-2-4-7/h7-8H,2-5H2,1H3. The molecule has 0 N–H and O–H groups in total. The molecule has 0 radical (unpaired) electrons. The van der Waals surface area contributed by atoms with Gasteiger partial charge in [0.15, 0.2) is 0 Å². The van der Waals surface area contributed by atoms with E-state index in [1.807, 2.05) is 0 Å². The maximum absolute atomic E-state index is 10.6. The molecule has 1 aliphatic carbocycles. The van der Waals surface area contributed by atoms with Crippen molar-refractivity contribution in [1.82, 2.24) is 0 Å². The molecule has 1 saturated carbocycles. The van der Waals surface area contributed by atoms with Crippen LogP contribution in [-0.4, -0.2) is 18.6 Å². The molecule has 0 saturated heterocycles. The Morgan fingerprint density at radius 1 is 1.67 bits per heavy atom. The van der Waals surface area contributed by atoms with Gasteiger partial charge in [0.05, 0.1) is 0 Å². The van der Waals surface area contributed by atoms with Crippen LogP contribution < -0.4 is 0 Å². The average Bonchev–Trinajstić information content (AvgIpc) is 1.81. The summed E-state index contributed by atoms with van der Waals surface area (Å²) in [6.07, 6.45) is 3.00. The summed E-state index contributed by atoms with van der Waals surface area (Å²) < 4.78 is 4.96. The van der Waals surface area contributed by atoms with Crippen molar-refractivity contribution in [3.05, 3.63) is 4.91 Å². The third kappa shape index (κ3) is 2.29. The second kappa shape index (κ2) is 4.18. The number of esters is 1. The molecule has 68 valence electrons. The van der Waals surface area contributed by atoms with Crippen LogP contribution in [0, 0.1) is 10.8 Å². The summed E-state index contributed by atoms with van der Waals surface area (Å²) in [5, 5.41) is 2.76. The molecule has 1 fully saturated rings. The molecular formula is C8H13NO3. The van der Waals surface area contributed by atoms with Crippen LogP contribution in [0.25, 0.3) is 0 Å². The van der Waals surface area contributed by atoms with Crippen molar-refractivity contribution in [2.75, 3.05) is 6.54 Å². The second-order valence-corrected chi connectivity index (χ2v) is 3.15. The Bertz CT molecular complexity index is 177. The number of nitroso groups, excluding NO2 is 1. The Kier molecular flexibility index (Phi) is 3.19. The number of hydrogen-bond donors (Lipinski definition) is 0. The lowest BCUT2D eigenvalue weighted by Gasteiger charge is -2.31. The summed E-state index contributed by atoms with van der Waals surface area (Å²) in [7, 11) is 0. The van der Waals surface area contributed by atoms with Crippen LogP contribution in [0.2, 0.25) is 0 Å². The van der Waals surface area contributed by atoms with E-state index in [0.29, 0.717) is 5.92 Å². The lowest BCUT2D eigenvalue weighted by Crippen LogP contribution is -2.33. The predicted octanol–water partition coefficient (Wildman–Crippen LogP) is 1.48. The molecule has 4 heteroatoms. The topological polar surface area (TPSA) is 55.7 Å². The molecule has 1 unspecified atom stereocenters. The summed E-state index contributed by atoms with van der Waals surface area (Å²) in [4.78, 5) is 20.6. The predicted molar refractivity (Wildman–Crippen MR) is 43.6 cm³/mol. The number of carbonyl (C=O) groups excluding carboxylic acids is 1. The highest BCUT2D eigenvalue weighted by atomic mass is 16.5. The molecular weight excluding hydrogens is 158 g/mol. The fourth-order valence-corrected chi connectivity index (χ4v) is 1.38. The smallest absolute Gasteiger partial charge is 0.302 e. The quantitative estimate of drug-likeness (QED) is 0.475. The first-order valence-corrected chi connectivity index (χ1v) is 4.20. The summed E-state index contributed by atoms with van der Waals surface area (Å²) in [6.45, 7) is 1.46. The number of nitrogens with zero attached hydrogens (tertiary/aromatic N) is 1. The monoisotopic (exact) mass is 171 g/mol. The molecule has 4 nitrogen and oxygen atoms in total. The third-order valence-corrected chi connectivity index (χ3v) is 2.25. The van der Waals surface area contributed by atoms with Gasteiger partial charge < -0.3 is 4.74 Å². The van der Waals surface area contributed by atoms with E-state index in [0.717, 1.165) is 12.8 Å². The molecule has 0 spiro atoms. The third-order valence-electron chi connectivity index (χ3n) is 2.25. The highest BCUT2D eigenvalue weighted by Crippen LogP contribution is 2.31. The zero-order valence-corrected chi connectivity index (χ0v) is 7.16. The van der Waals surface area contributed by atoms with E-state index in [4.69, 9.17) is 4.74 Å². The molecule has 1 aliphatic rings. The van der Waals surface area contributed by atoms with Crippen LogP contribution >= 0.6 is 0 Å². The molecule has 0 aromatic heterocycles. The zero-order valence-electron chi connectivity index (χ0n) is 7.16. The fraction of sp³-hybridized carbons (Fsp3) is 0.875. The summed E-state index contributed by atoms with van der Waals surface area (Å²) in [5.74, 6) is 0.0437. The lowest BCUT2D eigenvalue weighted by atomic mass is 9.81. The first-order valence-electron chi connectivity index (χ1n) is 4.20. The van der Waals surface area contributed by atoms with Gasteiger partial charge in [0.2, 0.25) is 0 Å². The van der Waals surface area contributed by atoms with E-state index < -0.39 is 0 Å². The van der Waals surface area contributed by atoms with E-state index in [1.54, 1.807) is 0 Å². The molecule has 0 aromatic carbocycles.